The van der Waals surface area contributed by atoms with E-state index in [1.165, 1.54) is 6.92 Å². The summed E-state index contributed by atoms with van der Waals surface area (Å²) >= 11 is 1.55. The highest BCUT2D eigenvalue weighted by molar-refractivity contribution is 7.12. The predicted octanol–water partition coefficient (Wildman–Crippen LogP) is 2.70. The number of rotatable bonds is 7. The highest BCUT2D eigenvalue weighted by Gasteiger charge is 2.32. The molecular weight excluding hydrogens is 290 g/mol. The second kappa shape index (κ2) is 6.85. The van der Waals surface area contributed by atoms with Crippen LogP contribution in [0, 0.1) is 13.8 Å². The van der Waals surface area contributed by atoms with E-state index < -0.39 is 17.4 Å². The van der Waals surface area contributed by atoms with E-state index in [1.54, 1.807) is 18.3 Å². The van der Waals surface area contributed by atoms with Crippen LogP contribution < -0.4 is 5.32 Å². The molecule has 1 aromatic rings. The number of hydrogen-bond acceptors (Lipinski definition) is 4. The molecule has 0 aliphatic rings. The summed E-state index contributed by atoms with van der Waals surface area (Å²) in [6, 6.07) is 1.83. The number of amides is 1. The number of aryl methyl sites for hydroxylation is 2. The molecule has 1 atom stereocenters. The maximum atomic E-state index is 12.1. The summed E-state index contributed by atoms with van der Waals surface area (Å²) in [7, 11) is 0. The fraction of sp³-hybridized carbons (Fsp3) is 0.533. The lowest BCUT2D eigenvalue weighted by atomic mass is 9.98. The Morgan fingerprint density at radius 3 is 2.33 bits per heavy atom. The van der Waals surface area contributed by atoms with E-state index in [0.29, 0.717) is 5.56 Å². The molecule has 21 heavy (non-hydrogen) atoms. The van der Waals surface area contributed by atoms with Gasteiger partial charge in [-0.25, -0.2) is 4.79 Å². The summed E-state index contributed by atoms with van der Waals surface area (Å²) in [5.41, 5.74) is -0.628. The monoisotopic (exact) mass is 311 g/mol. The molecule has 2 N–H and O–H groups in total. The van der Waals surface area contributed by atoms with Gasteiger partial charge in [-0.2, -0.15) is 0 Å². The number of nitrogens with one attached hydrogen (secondary N) is 1. The van der Waals surface area contributed by atoms with Crippen LogP contribution >= 0.6 is 11.3 Å². The van der Waals surface area contributed by atoms with Crippen molar-refractivity contribution in [2.45, 2.75) is 52.5 Å². The molecule has 1 aromatic heterocycles. The maximum Gasteiger partial charge on any atom is 0.329 e. The number of aliphatic carboxylic acids is 1. The zero-order chi connectivity index (χ0) is 16.2. The standard InChI is InChI=1S/C15H21NO4S/c1-5-15(4,14(19)20)16-13(18)7-6-12(17)11-8-9(2)21-10(11)3/h8H,5-7H2,1-4H3,(H,16,18)(H,19,20). The minimum Gasteiger partial charge on any atom is -0.480 e. The van der Waals surface area contributed by atoms with Crippen LogP contribution in [0.2, 0.25) is 0 Å². The van der Waals surface area contributed by atoms with Gasteiger partial charge in [-0.3, -0.25) is 9.59 Å². The molecule has 1 unspecified atom stereocenters. The third kappa shape index (κ3) is 4.39. The Hall–Kier alpha value is -1.69. The number of carboxylic acid groups (broad SMARTS) is 1. The first-order valence-electron chi connectivity index (χ1n) is 6.84. The van der Waals surface area contributed by atoms with Crippen molar-refractivity contribution in [1.29, 1.82) is 0 Å². The molecule has 0 bridgehead atoms. The van der Waals surface area contributed by atoms with Crippen LogP contribution in [0.25, 0.3) is 0 Å². The SMILES string of the molecule is CCC(C)(NC(=O)CCC(=O)c1cc(C)sc1C)C(=O)O. The van der Waals surface area contributed by atoms with Crippen molar-refractivity contribution in [2.75, 3.05) is 0 Å². The number of ketones is 1. The Kier molecular flexibility index (Phi) is 5.66. The molecule has 5 nitrogen and oxygen atoms in total. The minimum atomic E-state index is -1.28. The van der Waals surface area contributed by atoms with Crippen LogP contribution in [0.3, 0.4) is 0 Å². The fourth-order valence-electron chi connectivity index (χ4n) is 1.93. The third-order valence-corrected chi connectivity index (χ3v) is 4.48. The molecule has 1 heterocycles. The van der Waals surface area contributed by atoms with E-state index in [-0.39, 0.29) is 25.0 Å². The number of thiophene rings is 1. The number of carbonyl (C=O) groups is 3. The van der Waals surface area contributed by atoms with Crippen molar-refractivity contribution >= 4 is 29.0 Å². The summed E-state index contributed by atoms with van der Waals surface area (Å²) in [6.07, 6.45) is 0.364. The van der Waals surface area contributed by atoms with Gasteiger partial charge in [-0.15, -0.1) is 11.3 Å². The first-order chi connectivity index (χ1) is 9.69. The van der Waals surface area contributed by atoms with Crippen LogP contribution in [0.15, 0.2) is 6.07 Å². The average Bonchev–Trinajstić information content (AvgIpc) is 2.74. The molecule has 0 fully saturated rings. The number of carboxylic acids is 1. The van der Waals surface area contributed by atoms with Crippen LogP contribution in [-0.4, -0.2) is 28.3 Å². The molecular formula is C15H21NO4S. The zero-order valence-electron chi connectivity index (χ0n) is 12.8. The second-order valence-electron chi connectivity index (χ2n) is 5.29. The van der Waals surface area contributed by atoms with Gasteiger partial charge in [-0.1, -0.05) is 6.92 Å². The van der Waals surface area contributed by atoms with E-state index in [0.717, 1.165) is 9.75 Å². The maximum absolute atomic E-state index is 12.1. The Morgan fingerprint density at radius 1 is 1.29 bits per heavy atom. The van der Waals surface area contributed by atoms with E-state index in [2.05, 4.69) is 5.32 Å². The molecule has 1 amide bonds. The Bertz CT molecular complexity index is 564. The lowest BCUT2D eigenvalue weighted by molar-refractivity contribution is -0.147. The molecule has 6 heteroatoms. The lowest BCUT2D eigenvalue weighted by Gasteiger charge is -2.24. The van der Waals surface area contributed by atoms with Crippen molar-refractivity contribution in [2.24, 2.45) is 0 Å². The molecule has 0 aromatic carbocycles. The van der Waals surface area contributed by atoms with Crippen molar-refractivity contribution in [3.05, 3.63) is 21.4 Å². The molecule has 116 valence electrons. The van der Waals surface area contributed by atoms with Gasteiger partial charge < -0.3 is 10.4 Å². The summed E-state index contributed by atoms with van der Waals surface area (Å²) in [4.78, 5) is 37.0. The van der Waals surface area contributed by atoms with Crippen molar-refractivity contribution < 1.29 is 19.5 Å². The first kappa shape index (κ1) is 17.4. The minimum absolute atomic E-state index is 0.00393. The highest BCUT2D eigenvalue weighted by Crippen LogP contribution is 2.22. The number of carbonyl (C=O) groups excluding carboxylic acids is 2. The molecule has 0 saturated heterocycles. The van der Waals surface area contributed by atoms with Gasteiger partial charge in [0.2, 0.25) is 5.91 Å². The van der Waals surface area contributed by atoms with Gasteiger partial charge in [0.1, 0.15) is 5.54 Å². The van der Waals surface area contributed by atoms with Gasteiger partial charge in [0.05, 0.1) is 0 Å². The van der Waals surface area contributed by atoms with Crippen molar-refractivity contribution in [3.8, 4) is 0 Å². The summed E-state index contributed by atoms with van der Waals surface area (Å²) in [6.45, 7) is 6.96. The van der Waals surface area contributed by atoms with Gasteiger partial charge in [0.15, 0.2) is 5.78 Å². The summed E-state index contributed by atoms with van der Waals surface area (Å²) in [5, 5.41) is 11.6. The molecule has 0 spiro atoms. The third-order valence-electron chi connectivity index (χ3n) is 3.51. The molecule has 1 rings (SSSR count). The topological polar surface area (TPSA) is 83.5 Å². The lowest BCUT2D eigenvalue weighted by Crippen LogP contribution is -2.51. The normalized spacial score (nSPS) is 13.5. The van der Waals surface area contributed by atoms with Crippen LogP contribution in [0.4, 0.5) is 0 Å². The van der Waals surface area contributed by atoms with E-state index in [1.807, 2.05) is 19.9 Å². The Labute approximate surface area is 128 Å². The van der Waals surface area contributed by atoms with Crippen LogP contribution in [0.5, 0.6) is 0 Å². The van der Waals surface area contributed by atoms with E-state index in [9.17, 15) is 14.4 Å². The summed E-state index contributed by atoms with van der Waals surface area (Å²) < 4.78 is 0. The second-order valence-corrected chi connectivity index (χ2v) is 6.75. The van der Waals surface area contributed by atoms with E-state index in [4.69, 9.17) is 5.11 Å². The van der Waals surface area contributed by atoms with Gasteiger partial charge in [0.25, 0.3) is 0 Å². The van der Waals surface area contributed by atoms with Crippen LogP contribution in [0.1, 0.15) is 53.2 Å². The fourth-order valence-corrected chi connectivity index (χ4v) is 2.88. The summed E-state index contributed by atoms with van der Waals surface area (Å²) in [5.74, 6) is -1.57. The van der Waals surface area contributed by atoms with Gasteiger partial charge >= 0.3 is 5.97 Å². The Balaban J connectivity index is 2.59. The highest BCUT2D eigenvalue weighted by atomic mass is 32.1. The average molecular weight is 311 g/mol. The van der Waals surface area contributed by atoms with Gasteiger partial charge in [0, 0.05) is 28.2 Å². The van der Waals surface area contributed by atoms with Crippen LogP contribution in [-0.2, 0) is 9.59 Å². The van der Waals surface area contributed by atoms with E-state index >= 15 is 0 Å². The Morgan fingerprint density at radius 2 is 1.90 bits per heavy atom. The smallest absolute Gasteiger partial charge is 0.329 e. The largest absolute Gasteiger partial charge is 0.480 e. The van der Waals surface area contributed by atoms with Crippen molar-refractivity contribution in [1.82, 2.24) is 5.32 Å². The molecule has 0 radical (unpaired) electrons. The number of hydrogen-bond donors (Lipinski definition) is 2. The molecule has 0 saturated carbocycles. The number of Topliss-reactive ketones (excluding diaryl/α,β-unsaturated/α-hetero) is 1. The van der Waals surface area contributed by atoms with Gasteiger partial charge in [-0.05, 0) is 33.3 Å². The first-order valence-corrected chi connectivity index (χ1v) is 7.66. The molecule has 0 aliphatic heterocycles. The predicted molar refractivity (Wildman–Crippen MR) is 81.8 cm³/mol. The van der Waals surface area contributed by atoms with Crippen molar-refractivity contribution in [3.63, 3.8) is 0 Å². The zero-order valence-corrected chi connectivity index (χ0v) is 13.6. The quantitative estimate of drug-likeness (QED) is 0.758. The molecule has 0 aliphatic carbocycles.